The van der Waals surface area contributed by atoms with Crippen molar-refractivity contribution in [1.82, 2.24) is 4.72 Å². The largest absolute Gasteiger partial charge is 0.385 e. The molecule has 6 nitrogen and oxygen atoms in total. The molecule has 1 saturated carbocycles. The average Bonchev–Trinajstić information content (AvgIpc) is 3.20. The lowest BCUT2D eigenvalue weighted by Crippen LogP contribution is -2.30. The number of anilines is 2. The van der Waals surface area contributed by atoms with Gasteiger partial charge in [0.15, 0.2) is 0 Å². The van der Waals surface area contributed by atoms with Crippen LogP contribution in [0.5, 0.6) is 0 Å². The number of hydrogen-bond donors (Lipinski definition) is 3. The second kappa shape index (κ2) is 9.41. The van der Waals surface area contributed by atoms with Gasteiger partial charge >= 0.3 is 0 Å². The van der Waals surface area contributed by atoms with Crippen LogP contribution >= 0.6 is 0 Å². The highest BCUT2D eigenvalue weighted by Crippen LogP contribution is 2.25. The van der Waals surface area contributed by atoms with Crippen molar-refractivity contribution in [2.75, 3.05) is 17.2 Å². The van der Waals surface area contributed by atoms with Crippen LogP contribution < -0.4 is 15.4 Å². The van der Waals surface area contributed by atoms with Gasteiger partial charge in [-0.25, -0.2) is 13.1 Å². The fraction of sp³-hybridized carbons (Fsp3) is 0.409. The van der Waals surface area contributed by atoms with Gasteiger partial charge < -0.3 is 10.6 Å². The Kier molecular flexibility index (Phi) is 6.92. The predicted molar refractivity (Wildman–Crippen MR) is 117 cm³/mol. The lowest BCUT2D eigenvalue weighted by atomic mass is 10.1. The number of carbonyl (C=O) groups is 1. The van der Waals surface area contributed by atoms with E-state index >= 15 is 0 Å². The van der Waals surface area contributed by atoms with E-state index < -0.39 is 10.0 Å². The first-order valence-electron chi connectivity index (χ1n) is 10.1. The van der Waals surface area contributed by atoms with Crippen LogP contribution in [0.25, 0.3) is 0 Å². The fourth-order valence-electron chi connectivity index (χ4n) is 3.52. The van der Waals surface area contributed by atoms with Gasteiger partial charge in [-0.15, -0.1) is 0 Å². The van der Waals surface area contributed by atoms with E-state index in [1.54, 1.807) is 13.8 Å². The van der Waals surface area contributed by atoms with Gasteiger partial charge in [-0.3, -0.25) is 4.79 Å². The highest BCUT2D eigenvalue weighted by Gasteiger charge is 2.16. The van der Waals surface area contributed by atoms with Gasteiger partial charge in [0.1, 0.15) is 0 Å². The van der Waals surface area contributed by atoms with Gasteiger partial charge in [0, 0.05) is 29.5 Å². The number of benzene rings is 2. The molecule has 29 heavy (non-hydrogen) atoms. The number of rotatable bonds is 8. The van der Waals surface area contributed by atoms with Crippen molar-refractivity contribution in [3.8, 4) is 0 Å². The molecule has 156 valence electrons. The summed E-state index contributed by atoms with van der Waals surface area (Å²) in [6.45, 7) is 4.51. The van der Waals surface area contributed by atoms with Crippen LogP contribution in [0.4, 0.5) is 11.4 Å². The van der Waals surface area contributed by atoms with Gasteiger partial charge in [0.25, 0.3) is 5.91 Å². The van der Waals surface area contributed by atoms with Crippen LogP contribution in [0.3, 0.4) is 0 Å². The highest BCUT2D eigenvalue weighted by atomic mass is 32.2. The third-order valence-electron chi connectivity index (χ3n) is 5.03. The summed E-state index contributed by atoms with van der Waals surface area (Å²) in [6, 6.07) is 13.4. The summed E-state index contributed by atoms with van der Waals surface area (Å²) in [6.07, 6.45) is 5.26. The molecule has 0 unspecified atom stereocenters. The summed E-state index contributed by atoms with van der Waals surface area (Å²) >= 11 is 0. The van der Waals surface area contributed by atoms with Crippen molar-refractivity contribution in [1.29, 1.82) is 0 Å². The van der Waals surface area contributed by atoms with E-state index in [-0.39, 0.29) is 16.8 Å². The minimum Gasteiger partial charge on any atom is -0.385 e. The molecule has 0 bridgehead atoms. The highest BCUT2D eigenvalue weighted by molar-refractivity contribution is 7.89. The summed E-state index contributed by atoms with van der Waals surface area (Å²) < 4.78 is 26.9. The Labute approximate surface area is 173 Å². The van der Waals surface area contributed by atoms with Gasteiger partial charge in [-0.05, 0) is 81.1 Å². The van der Waals surface area contributed by atoms with Crippen LogP contribution in [0.15, 0.2) is 53.4 Å². The first-order chi connectivity index (χ1) is 13.8. The molecule has 1 aliphatic carbocycles. The maximum atomic E-state index is 12.4. The summed E-state index contributed by atoms with van der Waals surface area (Å²) in [5.74, 6) is 0.481. The first kappa shape index (κ1) is 21.3. The molecular formula is C22H29N3O3S. The van der Waals surface area contributed by atoms with E-state index in [2.05, 4.69) is 15.4 Å². The van der Waals surface area contributed by atoms with Crippen LogP contribution in [-0.2, 0) is 10.0 Å². The van der Waals surface area contributed by atoms with E-state index in [4.69, 9.17) is 0 Å². The Bertz CT molecular complexity index is 917. The molecule has 0 spiro atoms. The molecular weight excluding hydrogens is 386 g/mol. The average molecular weight is 416 g/mol. The van der Waals surface area contributed by atoms with Crippen LogP contribution in [0.1, 0.15) is 49.9 Å². The monoisotopic (exact) mass is 415 g/mol. The number of sulfonamides is 1. The van der Waals surface area contributed by atoms with Gasteiger partial charge in [0.2, 0.25) is 10.0 Å². The molecule has 1 fully saturated rings. The fourth-order valence-corrected chi connectivity index (χ4v) is 4.77. The number of nitrogens with one attached hydrogen (secondary N) is 3. The van der Waals surface area contributed by atoms with Gasteiger partial charge in [-0.2, -0.15) is 0 Å². The normalized spacial score (nSPS) is 14.9. The summed E-state index contributed by atoms with van der Waals surface area (Å²) in [5.41, 5.74) is 2.14. The minimum atomic E-state index is -3.57. The second-order valence-electron chi connectivity index (χ2n) is 7.86. The number of carbonyl (C=O) groups excluding carboxylic acids is 1. The van der Waals surface area contributed by atoms with Crippen LogP contribution in [-0.4, -0.2) is 26.9 Å². The predicted octanol–water partition coefficient (Wildman–Crippen LogP) is 4.23. The summed E-state index contributed by atoms with van der Waals surface area (Å²) in [4.78, 5) is 12.6. The zero-order chi connectivity index (χ0) is 20.9. The van der Waals surface area contributed by atoms with E-state index in [1.165, 1.54) is 49.9 Å². The molecule has 1 amide bonds. The van der Waals surface area contributed by atoms with E-state index in [0.29, 0.717) is 11.3 Å². The molecule has 0 saturated heterocycles. The van der Waals surface area contributed by atoms with Crippen molar-refractivity contribution >= 4 is 27.3 Å². The van der Waals surface area contributed by atoms with Gasteiger partial charge in [0.05, 0.1) is 4.90 Å². The standard InChI is InChI=1S/C22H29N3O3S/c1-16(2)25-29(27,28)21-13-7-18(8-14-21)22(26)24-20-11-9-19(10-12-20)23-15-17-5-3-4-6-17/h7-14,16-17,23,25H,3-6,15H2,1-2H3,(H,24,26). The molecule has 3 N–H and O–H groups in total. The number of amides is 1. The Morgan fingerprint density at radius 1 is 0.966 bits per heavy atom. The molecule has 0 aliphatic heterocycles. The molecule has 2 aromatic carbocycles. The lowest BCUT2D eigenvalue weighted by Gasteiger charge is -2.12. The topological polar surface area (TPSA) is 87.3 Å². The van der Waals surface area contributed by atoms with E-state index in [1.807, 2.05) is 24.3 Å². The Balaban J connectivity index is 1.56. The van der Waals surface area contributed by atoms with Crippen molar-refractivity contribution in [2.24, 2.45) is 5.92 Å². The van der Waals surface area contributed by atoms with Crippen molar-refractivity contribution < 1.29 is 13.2 Å². The summed E-state index contributed by atoms with van der Waals surface area (Å²) in [5, 5.41) is 6.30. The summed E-state index contributed by atoms with van der Waals surface area (Å²) in [7, 11) is -3.57. The third-order valence-corrected chi connectivity index (χ3v) is 6.70. The molecule has 7 heteroatoms. The third kappa shape index (κ3) is 6.05. The van der Waals surface area contributed by atoms with E-state index in [0.717, 1.165) is 18.2 Å². The molecule has 3 rings (SSSR count). The van der Waals surface area contributed by atoms with Crippen molar-refractivity contribution in [3.05, 3.63) is 54.1 Å². The minimum absolute atomic E-state index is 0.139. The SMILES string of the molecule is CC(C)NS(=O)(=O)c1ccc(C(=O)Nc2ccc(NCC3CCCC3)cc2)cc1. The molecule has 1 aliphatic rings. The zero-order valence-electron chi connectivity index (χ0n) is 16.9. The Hall–Kier alpha value is -2.38. The van der Waals surface area contributed by atoms with E-state index in [9.17, 15) is 13.2 Å². The number of hydrogen-bond acceptors (Lipinski definition) is 4. The zero-order valence-corrected chi connectivity index (χ0v) is 17.8. The quantitative estimate of drug-likeness (QED) is 0.602. The molecule has 0 heterocycles. The van der Waals surface area contributed by atoms with Crippen molar-refractivity contribution in [3.63, 3.8) is 0 Å². The van der Waals surface area contributed by atoms with Crippen LogP contribution in [0.2, 0.25) is 0 Å². The van der Waals surface area contributed by atoms with Crippen molar-refractivity contribution in [2.45, 2.75) is 50.5 Å². The maximum absolute atomic E-state index is 12.4. The second-order valence-corrected chi connectivity index (χ2v) is 9.58. The lowest BCUT2D eigenvalue weighted by molar-refractivity contribution is 0.102. The molecule has 2 aromatic rings. The Morgan fingerprint density at radius 2 is 1.55 bits per heavy atom. The molecule has 0 radical (unpaired) electrons. The Morgan fingerprint density at radius 3 is 2.14 bits per heavy atom. The smallest absolute Gasteiger partial charge is 0.255 e. The molecule has 0 aromatic heterocycles. The maximum Gasteiger partial charge on any atom is 0.255 e. The first-order valence-corrected chi connectivity index (χ1v) is 11.6. The van der Waals surface area contributed by atoms with Crippen LogP contribution in [0, 0.1) is 5.92 Å². The van der Waals surface area contributed by atoms with Gasteiger partial charge in [-0.1, -0.05) is 12.8 Å². The molecule has 0 atom stereocenters.